The van der Waals surface area contributed by atoms with Crippen molar-refractivity contribution in [1.29, 1.82) is 0 Å². The van der Waals surface area contributed by atoms with Crippen molar-refractivity contribution < 1.29 is 13.5 Å². The minimum atomic E-state index is -3.04. The highest BCUT2D eigenvalue weighted by molar-refractivity contribution is 7.90. The maximum absolute atomic E-state index is 12.0. The average Bonchev–Trinajstić information content (AvgIpc) is 2.29. The van der Waals surface area contributed by atoms with Gasteiger partial charge in [-0.3, -0.25) is 0 Å². The largest absolute Gasteiger partial charge is 0.396 e. The Kier molecular flexibility index (Phi) is 5.82. The van der Waals surface area contributed by atoms with Crippen molar-refractivity contribution in [3.8, 4) is 0 Å². The van der Waals surface area contributed by atoms with Crippen molar-refractivity contribution in [2.75, 3.05) is 12.4 Å². The number of rotatable bonds is 7. The Labute approximate surface area is 110 Å². The quantitative estimate of drug-likeness (QED) is 0.774. The third-order valence-corrected chi connectivity index (χ3v) is 4.66. The molecule has 0 amide bonds. The molecule has 3 nitrogen and oxygen atoms in total. The van der Waals surface area contributed by atoms with Gasteiger partial charge in [-0.1, -0.05) is 30.2 Å². The lowest BCUT2D eigenvalue weighted by atomic mass is 10.1. The Morgan fingerprint density at radius 1 is 1.11 bits per heavy atom. The van der Waals surface area contributed by atoms with E-state index in [0.717, 1.165) is 23.1 Å². The normalized spacial score (nSPS) is 11.7. The Morgan fingerprint density at radius 3 is 2.50 bits per heavy atom. The summed E-state index contributed by atoms with van der Waals surface area (Å²) in [5.41, 5.74) is 3.02. The van der Waals surface area contributed by atoms with Crippen molar-refractivity contribution in [3.05, 3.63) is 34.9 Å². The van der Waals surface area contributed by atoms with Crippen molar-refractivity contribution >= 4 is 9.84 Å². The molecule has 102 valence electrons. The summed E-state index contributed by atoms with van der Waals surface area (Å²) in [7, 11) is -3.04. The van der Waals surface area contributed by atoms with Gasteiger partial charge in [-0.15, -0.1) is 0 Å². The molecule has 18 heavy (non-hydrogen) atoms. The highest BCUT2D eigenvalue weighted by atomic mass is 32.2. The van der Waals surface area contributed by atoms with E-state index >= 15 is 0 Å². The fraction of sp³-hybridized carbons (Fsp3) is 0.571. The highest BCUT2D eigenvalue weighted by Crippen LogP contribution is 2.15. The molecule has 0 fully saturated rings. The predicted octanol–water partition coefficient (Wildman–Crippen LogP) is 2.38. The van der Waals surface area contributed by atoms with Crippen LogP contribution in [0, 0.1) is 13.8 Å². The molecule has 0 aliphatic heterocycles. The Balaban J connectivity index is 2.62. The van der Waals surface area contributed by atoms with Gasteiger partial charge in [-0.25, -0.2) is 8.42 Å². The number of aliphatic hydroxyl groups is 1. The summed E-state index contributed by atoms with van der Waals surface area (Å²) in [4.78, 5) is 0. The zero-order chi connectivity index (χ0) is 13.6. The van der Waals surface area contributed by atoms with Gasteiger partial charge in [0.05, 0.1) is 11.5 Å². The summed E-state index contributed by atoms with van der Waals surface area (Å²) in [6, 6.07) is 5.90. The molecule has 1 aromatic carbocycles. The first-order valence-electron chi connectivity index (χ1n) is 6.32. The maximum atomic E-state index is 12.0. The third-order valence-electron chi connectivity index (χ3n) is 2.99. The lowest BCUT2D eigenvalue weighted by molar-refractivity contribution is 0.284. The molecule has 0 saturated carbocycles. The molecule has 0 radical (unpaired) electrons. The molecule has 0 saturated heterocycles. The first-order valence-corrected chi connectivity index (χ1v) is 8.14. The Bertz CT molecular complexity index is 478. The molecule has 0 aliphatic rings. The van der Waals surface area contributed by atoms with Gasteiger partial charge in [0.25, 0.3) is 0 Å². The van der Waals surface area contributed by atoms with Crippen LogP contribution in [0.2, 0.25) is 0 Å². The molecule has 1 aromatic rings. The lowest BCUT2D eigenvalue weighted by Crippen LogP contribution is -2.10. The van der Waals surface area contributed by atoms with E-state index in [1.54, 1.807) is 0 Å². The summed E-state index contributed by atoms with van der Waals surface area (Å²) >= 11 is 0. The molecule has 1 rings (SSSR count). The van der Waals surface area contributed by atoms with E-state index in [9.17, 15) is 8.42 Å². The summed E-state index contributed by atoms with van der Waals surface area (Å²) in [5.74, 6) is 0.333. The second-order valence-electron chi connectivity index (χ2n) is 4.81. The van der Waals surface area contributed by atoms with Gasteiger partial charge in [0.2, 0.25) is 0 Å². The van der Waals surface area contributed by atoms with E-state index in [2.05, 4.69) is 0 Å². The molecule has 0 atom stereocenters. The van der Waals surface area contributed by atoms with Crippen LogP contribution in [0.25, 0.3) is 0 Å². The van der Waals surface area contributed by atoms with Crippen LogP contribution in [0.1, 0.15) is 36.0 Å². The number of hydrogen-bond acceptors (Lipinski definition) is 3. The standard InChI is InChI=1S/C14H22O3S/c1-12-6-7-13(2)14(10-12)11-18(16,17)9-5-3-4-8-15/h6-7,10,15H,3-5,8-9,11H2,1-2H3. The van der Waals surface area contributed by atoms with Gasteiger partial charge in [-0.05, 0) is 37.8 Å². The minimum Gasteiger partial charge on any atom is -0.396 e. The smallest absolute Gasteiger partial charge is 0.154 e. The zero-order valence-electron chi connectivity index (χ0n) is 11.1. The van der Waals surface area contributed by atoms with Crippen LogP contribution in [-0.2, 0) is 15.6 Å². The molecule has 4 heteroatoms. The van der Waals surface area contributed by atoms with Crippen LogP contribution in [0.5, 0.6) is 0 Å². The van der Waals surface area contributed by atoms with Crippen LogP contribution in [0.3, 0.4) is 0 Å². The van der Waals surface area contributed by atoms with E-state index in [1.807, 2.05) is 32.0 Å². The number of benzene rings is 1. The summed E-state index contributed by atoms with van der Waals surface area (Å²) in [5, 5.41) is 8.65. The SMILES string of the molecule is Cc1ccc(C)c(CS(=O)(=O)CCCCCO)c1. The van der Waals surface area contributed by atoms with E-state index in [1.165, 1.54) is 0 Å². The molecule has 0 aliphatic carbocycles. The maximum Gasteiger partial charge on any atom is 0.154 e. The van der Waals surface area contributed by atoms with Gasteiger partial charge in [0.15, 0.2) is 9.84 Å². The van der Waals surface area contributed by atoms with E-state index in [4.69, 9.17) is 5.11 Å². The monoisotopic (exact) mass is 270 g/mol. The topological polar surface area (TPSA) is 54.4 Å². The summed E-state index contributed by atoms with van der Waals surface area (Å²) in [6.07, 6.45) is 2.08. The zero-order valence-corrected chi connectivity index (χ0v) is 12.0. The van der Waals surface area contributed by atoms with E-state index < -0.39 is 9.84 Å². The van der Waals surface area contributed by atoms with Crippen molar-refractivity contribution in [2.45, 2.75) is 38.9 Å². The molecule has 0 aromatic heterocycles. The average molecular weight is 270 g/mol. The van der Waals surface area contributed by atoms with E-state index in [0.29, 0.717) is 12.8 Å². The molecule has 0 spiro atoms. The van der Waals surface area contributed by atoms with E-state index in [-0.39, 0.29) is 18.1 Å². The van der Waals surface area contributed by atoms with Crippen LogP contribution >= 0.6 is 0 Å². The number of aliphatic hydroxyl groups excluding tert-OH is 1. The van der Waals surface area contributed by atoms with Crippen molar-refractivity contribution in [3.63, 3.8) is 0 Å². The number of unbranched alkanes of at least 4 members (excludes halogenated alkanes) is 2. The molecule has 1 N–H and O–H groups in total. The fourth-order valence-electron chi connectivity index (χ4n) is 1.88. The predicted molar refractivity (Wildman–Crippen MR) is 74.3 cm³/mol. The van der Waals surface area contributed by atoms with Crippen LogP contribution in [0.4, 0.5) is 0 Å². The number of sulfone groups is 1. The van der Waals surface area contributed by atoms with Crippen molar-refractivity contribution in [2.24, 2.45) is 0 Å². The second kappa shape index (κ2) is 6.90. The molecule has 0 bridgehead atoms. The van der Waals surface area contributed by atoms with Crippen LogP contribution in [-0.4, -0.2) is 25.9 Å². The second-order valence-corrected chi connectivity index (χ2v) is 6.99. The van der Waals surface area contributed by atoms with Crippen molar-refractivity contribution in [1.82, 2.24) is 0 Å². The van der Waals surface area contributed by atoms with Crippen LogP contribution < -0.4 is 0 Å². The fourth-order valence-corrected chi connectivity index (χ4v) is 3.45. The first-order chi connectivity index (χ1) is 8.44. The summed E-state index contributed by atoms with van der Waals surface area (Å²) in [6.45, 7) is 4.05. The van der Waals surface area contributed by atoms with Gasteiger partial charge in [-0.2, -0.15) is 0 Å². The minimum absolute atomic E-state index is 0.125. The van der Waals surface area contributed by atoms with Gasteiger partial charge in [0.1, 0.15) is 0 Å². The Hall–Kier alpha value is -0.870. The van der Waals surface area contributed by atoms with Gasteiger partial charge in [0, 0.05) is 6.61 Å². The Morgan fingerprint density at radius 2 is 1.83 bits per heavy atom. The van der Waals surface area contributed by atoms with Gasteiger partial charge < -0.3 is 5.11 Å². The molecular weight excluding hydrogens is 248 g/mol. The molecule has 0 heterocycles. The molecule has 0 unspecified atom stereocenters. The first kappa shape index (κ1) is 15.2. The third kappa shape index (κ3) is 5.19. The van der Waals surface area contributed by atoms with Gasteiger partial charge >= 0.3 is 0 Å². The lowest BCUT2D eigenvalue weighted by Gasteiger charge is -2.08. The highest BCUT2D eigenvalue weighted by Gasteiger charge is 2.13. The summed E-state index contributed by atoms with van der Waals surface area (Å²) < 4.78 is 23.9. The molecular formula is C14H22O3S. The number of hydrogen-bond donors (Lipinski definition) is 1. The van der Waals surface area contributed by atoms with Crippen LogP contribution in [0.15, 0.2) is 18.2 Å². The number of aryl methyl sites for hydroxylation is 2.